The minimum atomic E-state index is -3.41. The number of nitrogens with one attached hydrogen (secondary N) is 1. The van der Waals surface area contributed by atoms with Gasteiger partial charge >= 0.3 is 0 Å². The van der Waals surface area contributed by atoms with Crippen molar-refractivity contribution in [3.05, 3.63) is 29.8 Å². The van der Waals surface area contributed by atoms with Gasteiger partial charge in [-0.15, -0.1) is 0 Å². The number of rotatable bonds is 7. The molecule has 0 saturated carbocycles. The van der Waals surface area contributed by atoms with Crippen LogP contribution in [0.4, 0.5) is 0 Å². The van der Waals surface area contributed by atoms with Crippen molar-refractivity contribution < 1.29 is 13.2 Å². The molecule has 1 rings (SSSR count). The van der Waals surface area contributed by atoms with E-state index in [0.29, 0.717) is 12.1 Å². The molecule has 0 saturated heterocycles. The molecular formula is C14H19N3O3S. The average Bonchev–Trinajstić information content (AvgIpc) is 2.43. The fourth-order valence-electron chi connectivity index (χ4n) is 1.55. The monoisotopic (exact) mass is 309 g/mol. The average molecular weight is 309 g/mol. The van der Waals surface area contributed by atoms with Gasteiger partial charge in [0.1, 0.15) is 0 Å². The molecule has 0 aromatic heterocycles. The molecule has 0 aliphatic heterocycles. The summed E-state index contributed by atoms with van der Waals surface area (Å²) in [6.45, 7) is 3.92. The Morgan fingerprint density at radius 1 is 1.33 bits per heavy atom. The molecule has 0 heterocycles. The van der Waals surface area contributed by atoms with Gasteiger partial charge in [-0.25, -0.2) is 8.42 Å². The molecule has 0 unspecified atom stereocenters. The maximum absolute atomic E-state index is 12.1. The Bertz CT molecular complexity index is 643. The Morgan fingerprint density at radius 2 is 1.90 bits per heavy atom. The lowest BCUT2D eigenvalue weighted by Gasteiger charge is -2.20. The summed E-state index contributed by atoms with van der Waals surface area (Å²) in [5.74, 6) is -0.529. The van der Waals surface area contributed by atoms with Crippen LogP contribution in [0.5, 0.6) is 0 Å². The highest BCUT2D eigenvalue weighted by Gasteiger charge is 2.24. The second-order valence-corrected chi connectivity index (χ2v) is 7.49. The third-order valence-corrected chi connectivity index (χ3v) is 4.86. The van der Waals surface area contributed by atoms with Crippen LogP contribution in [0, 0.1) is 16.7 Å². The number of primary amides is 1. The summed E-state index contributed by atoms with van der Waals surface area (Å²) >= 11 is 0. The number of nitrogens with zero attached hydrogens (tertiary/aromatic N) is 1. The SMILES string of the molecule is CC(C)(CNCCS(=O)(=O)c1ccc(C#N)cc1)C(N)=O. The van der Waals surface area contributed by atoms with E-state index < -0.39 is 21.2 Å². The number of hydrogen-bond acceptors (Lipinski definition) is 5. The zero-order valence-electron chi connectivity index (χ0n) is 12.1. The molecule has 0 aliphatic rings. The predicted molar refractivity (Wildman–Crippen MR) is 79.1 cm³/mol. The Balaban J connectivity index is 2.58. The van der Waals surface area contributed by atoms with Crippen molar-refractivity contribution in [2.45, 2.75) is 18.7 Å². The Morgan fingerprint density at radius 3 is 2.38 bits per heavy atom. The van der Waals surface area contributed by atoms with E-state index in [9.17, 15) is 13.2 Å². The fourth-order valence-corrected chi connectivity index (χ4v) is 2.75. The molecule has 7 heteroatoms. The largest absolute Gasteiger partial charge is 0.369 e. The maximum atomic E-state index is 12.1. The maximum Gasteiger partial charge on any atom is 0.224 e. The molecule has 0 atom stereocenters. The predicted octanol–water partition coefficient (Wildman–Crippen LogP) is 0.433. The van der Waals surface area contributed by atoms with E-state index in [-0.39, 0.29) is 17.2 Å². The summed E-state index contributed by atoms with van der Waals surface area (Å²) in [4.78, 5) is 11.3. The van der Waals surface area contributed by atoms with E-state index in [0.717, 1.165) is 0 Å². The van der Waals surface area contributed by atoms with Crippen molar-refractivity contribution in [2.24, 2.45) is 11.1 Å². The number of sulfone groups is 1. The van der Waals surface area contributed by atoms with Crippen LogP contribution >= 0.6 is 0 Å². The first-order valence-corrected chi connectivity index (χ1v) is 8.08. The van der Waals surface area contributed by atoms with Crippen LogP contribution in [0.15, 0.2) is 29.2 Å². The highest BCUT2D eigenvalue weighted by atomic mass is 32.2. The lowest BCUT2D eigenvalue weighted by atomic mass is 9.93. The van der Waals surface area contributed by atoms with Crippen molar-refractivity contribution in [3.63, 3.8) is 0 Å². The van der Waals surface area contributed by atoms with Crippen LogP contribution in [-0.4, -0.2) is 33.2 Å². The molecule has 6 nitrogen and oxygen atoms in total. The van der Waals surface area contributed by atoms with Crippen LogP contribution in [-0.2, 0) is 14.6 Å². The number of nitrogens with two attached hydrogens (primary N) is 1. The van der Waals surface area contributed by atoms with Crippen molar-refractivity contribution in [3.8, 4) is 6.07 Å². The molecular weight excluding hydrogens is 290 g/mol. The molecule has 0 bridgehead atoms. The smallest absolute Gasteiger partial charge is 0.224 e. The van der Waals surface area contributed by atoms with Crippen molar-refractivity contribution in [1.82, 2.24) is 5.32 Å². The second kappa shape index (κ2) is 6.70. The molecule has 0 radical (unpaired) electrons. The molecule has 1 aromatic carbocycles. The number of amides is 1. The Labute approximate surface area is 124 Å². The third kappa shape index (κ3) is 4.85. The van der Waals surface area contributed by atoms with Crippen LogP contribution in [0.3, 0.4) is 0 Å². The standard InChI is InChI=1S/C14H19N3O3S/c1-14(2,13(16)18)10-17-7-8-21(19,20)12-5-3-11(9-15)4-6-12/h3-6,17H,7-8,10H2,1-2H3,(H2,16,18). The van der Waals surface area contributed by atoms with Gasteiger partial charge in [0.25, 0.3) is 0 Å². The quantitative estimate of drug-likeness (QED) is 0.709. The summed E-state index contributed by atoms with van der Waals surface area (Å²) in [7, 11) is -3.41. The summed E-state index contributed by atoms with van der Waals surface area (Å²) in [5, 5.41) is 11.6. The summed E-state index contributed by atoms with van der Waals surface area (Å²) in [6, 6.07) is 7.71. The van der Waals surface area contributed by atoms with E-state index in [4.69, 9.17) is 11.0 Å². The molecule has 21 heavy (non-hydrogen) atoms. The van der Waals surface area contributed by atoms with E-state index in [2.05, 4.69) is 5.32 Å². The third-order valence-electron chi connectivity index (χ3n) is 3.12. The van der Waals surface area contributed by atoms with Crippen LogP contribution in [0.2, 0.25) is 0 Å². The van der Waals surface area contributed by atoms with Crippen molar-refractivity contribution in [2.75, 3.05) is 18.8 Å². The van der Waals surface area contributed by atoms with Crippen molar-refractivity contribution >= 4 is 15.7 Å². The van der Waals surface area contributed by atoms with E-state index in [1.807, 2.05) is 6.07 Å². The van der Waals surface area contributed by atoms with Gasteiger partial charge in [0.15, 0.2) is 9.84 Å². The molecule has 0 aliphatic carbocycles. The molecule has 114 valence electrons. The summed E-state index contributed by atoms with van der Waals surface area (Å²) in [5.41, 5.74) is 4.92. The summed E-state index contributed by atoms with van der Waals surface area (Å²) < 4.78 is 24.2. The van der Waals surface area contributed by atoms with Crippen molar-refractivity contribution in [1.29, 1.82) is 5.26 Å². The number of benzene rings is 1. The van der Waals surface area contributed by atoms with E-state index >= 15 is 0 Å². The highest BCUT2D eigenvalue weighted by molar-refractivity contribution is 7.91. The number of carbonyl (C=O) groups excluding carboxylic acids is 1. The van der Waals surface area contributed by atoms with Crippen LogP contribution < -0.4 is 11.1 Å². The second-order valence-electron chi connectivity index (χ2n) is 5.38. The minimum absolute atomic E-state index is 0.0895. The number of hydrogen-bond donors (Lipinski definition) is 2. The Hall–Kier alpha value is -1.91. The summed E-state index contributed by atoms with van der Waals surface area (Å²) in [6.07, 6.45) is 0. The fraction of sp³-hybridized carbons (Fsp3) is 0.429. The highest BCUT2D eigenvalue weighted by Crippen LogP contribution is 2.13. The van der Waals surface area contributed by atoms with E-state index in [1.165, 1.54) is 24.3 Å². The van der Waals surface area contributed by atoms with Gasteiger partial charge in [0, 0.05) is 13.1 Å². The van der Waals surface area contributed by atoms with Gasteiger partial charge in [0.05, 0.1) is 27.7 Å². The minimum Gasteiger partial charge on any atom is -0.369 e. The molecule has 3 N–H and O–H groups in total. The lowest BCUT2D eigenvalue weighted by Crippen LogP contribution is -2.41. The zero-order valence-corrected chi connectivity index (χ0v) is 12.9. The topological polar surface area (TPSA) is 113 Å². The Kier molecular flexibility index (Phi) is 5.47. The molecule has 1 aromatic rings. The van der Waals surface area contributed by atoms with Crippen LogP contribution in [0.25, 0.3) is 0 Å². The molecule has 0 spiro atoms. The first kappa shape index (κ1) is 17.1. The number of carbonyl (C=O) groups is 1. The zero-order chi connectivity index (χ0) is 16.1. The van der Waals surface area contributed by atoms with Gasteiger partial charge in [-0.05, 0) is 38.1 Å². The lowest BCUT2D eigenvalue weighted by molar-refractivity contribution is -0.125. The first-order chi connectivity index (χ1) is 9.69. The van der Waals surface area contributed by atoms with E-state index in [1.54, 1.807) is 13.8 Å². The van der Waals surface area contributed by atoms with Gasteiger partial charge in [0.2, 0.25) is 5.91 Å². The number of nitriles is 1. The normalized spacial score (nSPS) is 11.9. The van der Waals surface area contributed by atoms with Gasteiger partial charge < -0.3 is 11.1 Å². The van der Waals surface area contributed by atoms with Gasteiger partial charge in [-0.1, -0.05) is 0 Å². The van der Waals surface area contributed by atoms with Crippen LogP contribution in [0.1, 0.15) is 19.4 Å². The molecule has 1 amide bonds. The first-order valence-electron chi connectivity index (χ1n) is 6.42. The molecule has 0 fully saturated rings. The van der Waals surface area contributed by atoms with Gasteiger partial charge in [-0.2, -0.15) is 5.26 Å². The van der Waals surface area contributed by atoms with Gasteiger partial charge in [-0.3, -0.25) is 4.79 Å².